The van der Waals surface area contributed by atoms with Crippen molar-refractivity contribution in [3.05, 3.63) is 70.8 Å². The normalized spacial score (nSPS) is 12.4. The smallest absolute Gasteiger partial charge is 0.169 e. The highest BCUT2D eigenvalue weighted by molar-refractivity contribution is 5.45. The summed E-state index contributed by atoms with van der Waals surface area (Å²) >= 11 is 0. The summed E-state index contributed by atoms with van der Waals surface area (Å²) in [5, 5.41) is 0. The molecule has 0 spiro atoms. The van der Waals surface area contributed by atoms with Gasteiger partial charge in [-0.05, 0) is 25.0 Å². The maximum atomic E-state index is 13.7. The molecular formula is C19H20F6. The monoisotopic (exact) mass is 362 g/mol. The van der Waals surface area contributed by atoms with Crippen molar-refractivity contribution < 1.29 is 26.3 Å². The molecular weight excluding hydrogens is 342 g/mol. The average Bonchev–Trinajstić information content (AvgIpc) is 2.51. The minimum absolute atomic E-state index is 0.580. The lowest BCUT2D eigenvalue weighted by molar-refractivity contribution is -0.288. The van der Waals surface area contributed by atoms with Gasteiger partial charge in [-0.1, -0.05) is 73.5 Å². The molecule has 138 valence electrons. The van der Waals surface area contributed by atoms with Crippen LogP contribution in [0.15, 0.2) is 48.5 Å². The maximum absolute atomic E-state index is 13.7. The third kappa shape index (κ3) is 3.83. The first-order valence-electron chi connectivity index (χ1n) is 7.78. The molecule has 0 bridgehead atoms. The Balaban J connectivity index is 0.00000151. The molecule has 0 aromatic heterocycles. The lowest BCUT2D eigenvalue weighted by atomic mass is 9.72. The SMILES string of the molecule is CC.Cc1ccc(C(c2ccc(C)cc2)(C(F)(F)F)C(F)(F)F)cc1. The molecule has 0 radical (unpaired) electrons. The second-order valence-electron chi connectivity index (χ2n) is 5.48. The van der Waals surface area contributed by atoms with Crippen LogP contribution in [0.3, 0.4) is 0 Å². The van der Waals surface area contributed by atoms with E-state index < -0.39 is 28.9 Å². The van der Waals surface area contributed by atoms with E-state index in [2.05, 4.69) is 0 Å². The van der Waals surface area contributed by atoms with Gasteiger partial charge in [0.15, 0.2) is 0 Å². The minimum atomic E-state index is -5.53. The zero-order valence-electron chi connectivity index (χ0n) is 14.4. The molecule has 0 unspecified atom stereocenters. The van der Waals surface area contributed by atoms with E-state index >= 15 is 0 Å². The summed E-state index contributed by atoms with van der Waals surface area (Å²) < 4.78 is 82.3. The number of halogens is 6. The van der Waals surface area contributed by atoms with Gasteiger partial charge in [0, 0.05) is 0 Å². The molecule has 6 heteroatoms. The first kappa shape index (κ1) is 21.1. The third-order valence-corrected chi connectivity index (χ3v) is 3.82. The molecule has 0 heterocycles. The van der Waals surface area contributed by atoms with E-state index in [1.54, 1.807) is 13.8 Å². The van der Waals surface area contributed by atoms with Crippen LogP contribution in [0.4, 0.5) is 26.3 Å². The van der Waals surface area contributed by atoms with Crippen LogP contribution in [-0.4, -0.2) is 12.4 Å². The van der Waals surface area contributed by atoms with Gasteiger partial charge in [0.05, 0.1) is 0 Å². The molecule has 2 aromatic carbocycles. The third-order valence-electron chi connectivity index (χ3n) is 3.82. The molecule has 0 aliphatic heterocycles. The number of alkyl halides is 6. The van der Waals surface area contributed by atoms with Crippen LogP contribution >= 0.6 is 0 Å². The Kier molecular flexibility index (Phi) is 6.32. The molecule has 2 aromatic rings. The van der Waals surface area contributed by atoms with Gasteiger partial charge in [0.25, 0.3) is 0 Å². The second-order valence-corrected chi connectivity index (χ2v) is 5.48. The second kappa shape index (κ2) is 7.50. The van der Waals surface area contributed by atoms with Crippen LogP contribution in [0, 0.1) is 13.8 Å². The Morgan fingerprint density at radius 2 is 0.760 bits per heavy atom. The van der Waals surface area contributed by atoms with Gasteiger partial charge < -0.3 is 0 Å². The highest BCUT2D eigenvalue weighted by Gasteiger charge is 2.72. The number of hydrogen-bond acceptors (Lipinski definition) is 0. The standard InChI is InChI=1S/C17H14F6.C2H6/c1-11-3-7-13(8-4-11)15(16(18,19)20,17(21,22)23)14-9-5-12(2)6-10-14;1-2/h3-10H,1-2H3;1-2H3. The number of hydrogen-bond donors (Lipinski definition) is 0. The first-order valence-corrected chi connectivity index (χ1v) is 7.78. The van der Waals surface area contributed by atoms with E-state index in [-0.39, 0.29) is 0 Å². The van der Waals surface area contributed by atoms with E-state index in [1.165, 1.54) is 24.3 Å². The number of aryl methyl sites for hydroxylation is 2. The molecule has 0 atom stereocenters. The van der Waals surface area contributed by atoms with Crippen LogP contribution in [0.2, 0.25) is 0 Å². The van der Waals surface area contributed by atoms with Crippen LogP contribution in [0.5, 0.6) is 0 Å². The summed E-state index contributed by atoms with van der Waals surface area (Å²) in [5.41, 5.74) is -4.58. The zero-order chi connectivity index (χ0) is 19.5. The molecule has 0 saturated heterocycles. The predicted octanol–water partition coefficient (Wildman–Crippen LogP) is 6.74. The van der Waals surface area contributed by atoms with Crippen molar-refractivity contribution in [1.29, 1.82) is 0 Å². The van der Waals surface area contributed by atoms with E-state index in [0.717, 1.165) is 24.3 Å². The summed E-state index contributed by atoms with van der Waals surface area (Å²) in [5.74, 6) is 0. The van der Waals surface area contributed by atoms with Crippen molar-refractivity contribution in [3.63, 3.8) is 0 Å². The Labute approximate surface area is 143 Å². The van der Waals surface area contributed by atoms with Gasteiger partial charge >= 0.3 is 12.4 Å². The quantitative estimate of drug-likeness (QED) is 0.519. The largest absolute Gasteiger partial charge is 0.411 e. The minimum Gasteiger partial charge on any atom is -0.169 e. The molecule has 0 saturated carbocycles. The predicted molar refractivity (Wildman–Crippen MR) is 86.6 cm³/mol. The van der Waals surface area contributed by atoms with Gasteiger partial charge in [0.1, 0.15) is 0 Å². The molecule has 0 N–H and O–H groups in total. The van der Waals surface area contributed by atoms with Crippen molar-refractivity contribution in [2.24, 2.45) is 0 Å². The van der Waals surface area contributed by atoms with Crippen molar-refractivity contribution in [2.75, 3.05) is 0 Å². The molecule has 2 rings (SSSR count). The Hall–Kier alpha value is -1.98. The first-order chi connectivity index (χ1) is 11.5. The van der Waals surface area contributed by atoms with Crippen molar-refractivity contribution >= 4 is 0 Å². The molecule has 0 nitrogen and oxygen atoms in total. The van der Waals surface area contributed by atoms with Gasteiger partial charge in [-0.25, -0.2) is 0 Å². The van der Waals surface area contributed by atoms with Gasteiger partial charge in [0.2, 0.25) is 5.41 Å². The van der Waals surface area contributed by atoms with Crippen LogP contribution in [0.1, 0.15) is 36.1 Å². The molecule has 0 aliphatic carbocycles. The van der Waals surface area contributed by atoms with Gasteiger partial charge in [-0.2, -0.15) is 26.3 Å². The van der Waals surface area contributed by atoms with Gasteiger partial charge in [-0.15, -0.1) is 0 Å². The van der Waals surface area contributed by atoms with Crippen molar-refractivity contribution in [2.45, 2.75) is 45.5 Å². The highest BCUT2D eigenvalue weighted by atomic mass is 19.4. The highest BCUT2D eigenvalue weighted by Crippen LogP contribution is 2.56. The Morgan fingerprint density at radius 1 is 0.520 bits per heavy atom. The topological polar surface area (TPSA) is 0 Å². The number of rotatable bonds is 2. The zero-order valence-corrected chi connectivity index (χ0v) is 14.4. The molecule has 0 amide bonds. The average molecular weight is 362 g/mol. The van der Waals surface area contributed by atoms with Crippen molar-refractivity contribution in [3.8, 4) is 0 Å². The van der Waals surface area contributed by atoms with Gasteiger partial charge in [-0.3, -0.25) is 0 Å². The lowest BCUT2D eigenvalue weighted by Gasteiger charge is -2.38. The maximum Gasteiger partial charge on any atom is 0.411 e. The fourth-order valence-electron chi connectivity index (χ4n) is 2.59. The Bertz CT molecular complexity index is 602. The summed E-state index contributed by atoms with van der Waals surface area (Å²) in [4.78, 5) is 0. The van der Waals surface area contributed by atoms with E-state index in [4.69, 9.17) is 0 Å². The van der Waals surface area contributed by atoms with Crippen LogP contribution in [0.25, 0.3) is 0 Å². The van der Waals surface area contributed by atoms with E-state index in [0.29, 0.717) is 11.1 Å². The summed E-state index contributed by atoms with van der Waals surface area (Å²) in [6, 6.07) is 8.52. The fraction of sp³-hybridized carbons (Fsp3) is 0.368. The van der Waals surface area contributed by atoms with E-state index in [1.807, 2.05) is 13.8 Å². The van der Waals surface area contributed by atoms with E-state index in [9.17, 15) is 26.3 Å². The molecule has 0 fully saturated rings. The fourth-order valence-corrected chi connectivity index (χ4v) is 2.59. The van der Waals surface area contributed by atoms with Crippen LogP contribution in [-0.2, 0) is 5.41 Å². The number of benzene rings is 2. The molecule has 25 heavy (non-hydrogen) atoms. The van der Waals surface area contributed by atoms with Crippen LogP contribution < -0.4 is 0 Å². The summed E-state index contributed by atoms with van der Waals surface area (Å²) in [6.07, 6.45) is -11.1. The molecule has 0 aliphatic rings. The van der Waals surface area contributed by atoms with Crippen molar-refractivity contribution in [1.82, 2.24) is 0 Å². The summed E-state index contributed by atoms with van der Waals surface area (Å²) in [7, 11) is 0. The summed E-state index contributed by atoms with van der Waals surface area (Å²) in [6.45, 7) is 7.19. The Morgan fingerprint density at radius 3 is 0.960 bits per heavy atom. The lowest BCUT2D eigenvalue weighted by Crippen LogP contribution is -2.54.